The summed E-state index contributed by atoms with van der Waals surface area (Å²) in [7, 11) is 0. The highest BCUT2D eigenvalue weighted by Crippen LogP contribution is 2.07. The van der Waals surface area contributed by atoms with E-state index < -0.39 is 66.3 Å². The maximum absolute atomic E-state index is 12.7. The molecule has 192 valence electrons. The average Bonchev–Trinajstić information content (AvgIpc) is 3.27. The third kappa shape index (κ3) is 9.99. The minimum Gasteiger partial charge on any atom is -0.480 e. The minimum absolute atomic E-state index is 0.0208. The Balaban J connectivity index is 2.84. The molecule has 0 spiro atoms. The lowest BCUT2D eigenvalue weighted by molar-refractivity contribution is -0.143. The van der Waals surface area contributed by atoms with Gasteiger partial charge in [0, 0.05) is 6.54 Å². The van der Waals surface area contributed by atoms with Crippen LogP contribution in [0.5, 0.6) is 0 Å². The largest absolute Gasteiger partial charge is 0.480 e. The number of hydrogen-bond acceptors (Lipinski definition) is 8. The number of carboxylic acids is 1. The van der Waals surface area contributed by atoms with Crippen molar-refractivity contribution in [3.05, 3.63) is 0 Å². The summed E-state index contributed by atoms with van der Waals surface area (Å²) in [6.45, 7) is 1.98. The SMILES string of the molecule is CC(O)C(NC(=O)C(CC(N)=O)NC(=O)C1CCCN1)C(=O)NC(CCCN=C(N)N)C(=O)O. The van der Waals surface area contributed by atoms with Gasteiger partial charge in [0.2, 0.25) is 23.6 Å². The number of guanidine groups is 1. The first-order valence-corrected chi connectivity index (χ1v) is 10.8. The number of primary amides is 1. The summed E-state index contributed by atoms with van der Waals surface area (Å²) >= 11 is 0. The van der Waals surface area contributed by atoms with Gasteiger partial charge in [0.15, 0.2) is 5.96 Å². The van der Waals surface area contributed by atoms with E-state index >= 15 is 0 Å². The molecule has 0 aliphatic carbocycles. The Morgan fingerprint density at radius 3 is 2.24 bits per heavy atom. The smallest absolute Gasteiger partial charge is 0.326 e. The molecule has 1 fully saturated rings. The Bertz CT molecular complexity index is 779. The van der Waals surface area contributed by atoms with Crippen LogP contribution in [0.4, 0.5) is 0 Å². The minimum atomic E-state index is -1.57. The van der Waals surface area contributed by atoms with E-state index in [1.165, 1.54) is 6.92 Å². The fourth-order valence-electron chi connectivity index (χ4n) is 3.27. The predicted octanol–water partition coefficient (Wildman–Crippen LogP) is -4.41. The first-order valence-electron chi connectivity index (χ1n) is 10.8. The summed E-state index contributed by atoms with van der Waals surface area (Å²) in [6.07, 6.45) is -0.431. The van der Waals surface area contributed by atoms with Gasteiger partial charge in [-0.15, -0.1) is 0 Å². The molecule has 1 rings (SSSR count). The van der Waals surface area contributed by atoms with Crippen molar-refractivity contribution in [2.45, 2.75) is 69.3 Å². The van der Waals surface area contributed by atoms with E-state index in [9.17, 15) is 34.2 Å². The first-order chi connectivity index (χ1) is 15.9. The third-order valence-corrected chi connectivity index (χ3v) is 5.04. The molecule has 12 N–H and O–H groups in total. The summed E-state index contributed by atoms with van der Waals surface area (Å²) in [5.74, 6) is -4.79. The van der Waals surface area contributed by atoms with Crippen LogP contribution in [-0.4, -0.2) is 89.1 Å². The van der Waals surface area contributed by atoms with Gasteiger partial charge >= 0.3 is 5.97 Å². The zero-order valence-corrected chi connectivity index (χ0v) is 19.0. The van der Waals surface area contributed by atoms with Crippen molar-refractivity contribution in [2.75, 3.05) is 13.1 Å². The third-order valence-electron chi connectivity index (χ3n) is 5.04. The number of nitrogens with one attached hydrogen (secondary N) is 4. The van der Waals surface area contributed by atoms with Gasteiger partial charge < -0.3 is 48.7 Å². The lowest BCUT2D eigenvalue weighted by atomic mass is 10.1. The lowest BCUT2D eigenvalue weighted by Gasteiger charge is -2.26. The number of carbonyl (C=O) groups excluding carboxylic acids is 4. The monoisotopic (exact) mass is 486 g/mol. The fourth-order valence-corrected chi connectivity index (χ4v) is 3.27. The zero-order chi connectivity index (χ0) is 25.8. The van der Waals surface area contributed by atoms with Crippen LogP contribution in [0.25, 0.3) is 0 Å². The Labute approximate surface area is 196 Å². The summed E-state index contributed by atoms with van der Waals surface area (Å²) in [6, 6.07) is -4.83. The van der Waals surface area contributed by atoms with Gasteiger partial charge in [-0.3, -0.25) is 24.2 Å². The molecule has 15 nitrogen and oxygen atoms in total. The summed E-state index contributed by atoms with van der Waals surface area (Å²) in [5, 5.41) is 29.3. The quantitative estimate of drug-likeness (QED) is 0.0646. The number of aliphatic carboxylic acids is 1. The molecular formula is C19H34N8O7. The number of nitrogens with zero attached hydrogens (tertiary/aromatic N) is 1. The van der Waals surface area contributed by atoms with Crippen LogP contribution in [0.2, 0.25) is 0 Å². The molecule has 1 aliphatic heterocycles. The fraction of sp³-hybridized carbons (Fsp3) is 0.684. The van der Waals surface area contributed by atoms with E-state index in [0.29, 0.717) is 13.0 Å². The highest BCUT2D eigenvalue weighted by Gasteiger charge is 2.34. The van der Waals surface area contributed by atoms with Crippen LogP contribution < -0.4 is 38.5 Å². The second-order valence-corrected chi connectivity index (χ2v) is 7.96. The molecule has 5 atom stereocenters. The van der Waals surface area contributed by atoms with E-state index in [1.807, 2.05) is 0 Å². The van der Waals surface area contributed by atoms with Gasteiger partial charge in [-0.1, -0.05) is 0 Å². The molecule has 0 radical (unpaired) electrons. The van der Waals surface area contributed by atoms with Crippen LogP contribution in [0, 0.1) is 0 Å². The van der Waals surface area contributed by atoms with Gasteiger partial charge in [0.05, 0.1) is 18.6 Å². The van der Waals surface area contributed by atoms with Crippen molar-refractivity contribution in [1.82, 2.24) is 21.3 Å². The second-order valence-electron chi connectivity index (χ2n) is 7.96. The summed E-state index contributed by atoms with van der Waals surface area (Å²) in [5.41, 5.74) is 15.6. The molecule has 1 heterocycles. The van der Waals surface area contributed by atoms with E-state index in [1.54, 1.807) is 0 Å². The van der Waals surface area contributed by atoms with Gasteiger partial charge in [-0.25, -0.2) is 4.79 Å². The number of aliphatic imine (C=N–C) groups is 1. The van der Waals surface area contributed by atoms with Crippen molar-refractivity contribution >= 4 is 35.6 Å². The standard InChI is InChI=1S/C19H34N8O7/c1-9(28)14(17(32)25-11(18(33)34)5-3-7-24-19(21)22)27-16(31)12(8-13(20)29)26-15(30)10-4-2-6-23-10/h9-12,14,23,28H,2-8H2,1H3,(H2,20,29)(H,25,32)(H,26,30)(H,27,31)(H,33,34)(H4,21,22,24). The molecule has 1 aliphatic rings. The second kappa shape index (κ2) is 13.9. The van der Waals surface area contributed by atoms with Crippen molar-refractivity contribution < 1.29 is 34.2 Å². The molecule has 4 amide bonds. The van der Waals surface area contributed by atoms with Crippen LogP contribution in [0.15, 0.2) is 4.99 Å². The number of aliphatic hydroxyl groups excluding tert-OH is 1. The zero-order valence-electron chi connectivity index (χ0n) is 19.0. The van der Waals surface area contributed by atoms with Crippen molar-refractivity contribution in [3.63, 3.8) is 0 Å². The van der Waals surface area contributed by atoms with Crippen molar-refractivity contribution in [2.24, 2.45) is 22.2 Å². The predicted molar refractivity (Wildman–Crippen MR) is 120 cm³/mol. The van der Waals surface area contributed by atoms with Crippen LogP contribution in [0.1, 0.15) is 39.0 Å². The summed E-state index contributed by atoms with van der Waals surface area (Å²) < 4.78 is 0. The van der Waals surface area contributed by atoms with Crippen LogP contribution in [-0.2, 0) is 24.0 Å². The molecule has 5 unspecified atom stereocenters. The number of carbonyl (C=O) groups is 5. The Kier molecular flexibility index (Phi) is 11.7. The Hall–Kier alpha value is -3.46. The van der Waals surface area contributed by atoms with Crippen LogP contribution in [0.3, 0.4) is 0 Å². The highest BCUT2D eigenvalue weighted by atomic mass is 16.4. The van der Waals surface area contributed by atoms with E-state index in [2.05, 4.69) is 26.3 Å². The van der Waals surface area contributed by atoms with Crippen LogP contribution >= 0.6 is 0 Å². The topological polar surface area (TPSA) is 264 Å². The number of amides is 4. The average molecular weight is 487 g/mol. The molecular weight excluding hydrogens is 452 g/mol. The number of hydrogen-bond donors (Lipinski definition) is 9. The molecule has 1 saturated heterocycles. The molecule has 0 aromatic carbocycles. The highest BCUT2D eigenvalue weighted by molar-refractivity contribution is 5.96. The van der Waals surface area contributed by atoms with Crippen molar-refractivity contribution in [3.8, 4) is 0 Å². The first kappa shape index (κ1) is 28.6. The van der Waals surface area contributed by atoms with E-state index in [0.717, 1.165) is 6.42 Å². The Morgan fingerprint density at radius 1 is 1.06 bits per heavy atom. The molecule has 0 saturated carbocycles. The maximum Gasteiger partial charge on any atom is 0.326 e. The molecule has 34 heavy (non-hydrogen) atoms. The molecule has 0 bridgehead atoms. The van der Waals surface area contributed by atoms with Crippen molar-refractivity contribution in [1.29, 1.82) is 0 Å². The maximum atomic E-state index is 12.7. The number of nitrogens with two attached hydrogens (primary N) is 3. The lowest BCUT2D eigenvalue weighted by Crippen LogP contribution is -2.60. The number of aliphatic hydroxyl groups is 1. The molecule has 0 aromatic heterocycles. The van der Waals surface area contributed by atoms with E-state index in [4.69, 9.17) is 17.2 Å². The summed E-state index contributed by atoms with van der Waals surface area (Å²) in [4.78, 5) is 64.4. The normalized spacial score (nSPS) is 18.6. The van der Waals surface area contributed by atoms with Gasteiger partial charge in [0.25, 0.3) is 0 Å². The Morgan fingerprint density at radius 2 is 1.74 bits per heavy atom. The van der Waals surface area contributed by atoms with Gasteiger partial charge in [-0.05, 0) is 39.2 Å². The number of rotatable bonds is 14. The van der Waals surface area contributed by atoms with Gasteiger partial charge in [-0.2, -0.15) is 0 Å². The number of carboxylic acid groups (broad SMARTS) is 1. The van der Waals surface area contributed by atoms with Gasteiger partial charge in [0.1, 0.15) is 18.1 Å². The molecule has 0 aromatic rings. The molecule has 15 heteroatoms. The van der Waals surface area contributed by atoms with E-state index in [-0.39, 0.29) is 25.3 Å².